The van der Waals surface area contributed by atoms with Gasteiger partial charge in [-0.1, -0.05) is 59.3 Å². The summed E-state index contributed by atoms with van der Waals surface area (Å²) in [6.45, 7) is 11.6. The number of rotatable bonds is 11. The van der Waals surface area contributed by atoms with Crippen LogP contribution in [0.15, 0.2) is 48.5 Å². The third-order valence-corrected chi connectivity index (χ3v) is 6.65. The lowest BCUT2D eigenvalue weighted by atomic mass is 9.86. The van der Waals surface area contributed by atoms with E-state index in [9.17, 15) is 9.90 Å². The number of nitrogens with zero attached hydrogens (tertiary/aromatic N) is 1. The van der Waals surface area contributed by atoms with E-state index in [1.165, 1.54) is 5.56 Å². The van der Waals surface area contributed by atoms with Crippen LogP contribution in [0.25, 0.3) is 0 Å². The Morgan fingerprint density at radius 3 is 2.23 bits per heavy atom. The number of ether oxygens (including phenoxy) is 1. The summed E-state index contributed by atoms with van der Waals surface area (Å²) in [6.07, 6.45) is 0.883. The fourth-order valence-electron chi connectivity index (χ4n) is 3.91. The van der Waals surface area contributed by atoms with Gasteiger partial charge in [-0.15, -0.1) is 0 Å². The molecular weight excluding hydrogens is 454 g/mol. The smallest absolute Gasteiger partial charge is 0.314 e. The second-order valence-corrected chi connectivity index (χ2v) is 9.33. The molecule has 0 saturated heterocycles. The average Bonchev–Trinajstić information content (AvgIpc) is 2.76. The molecular formula is C26H36BrNO3. The predicted molar refractivity (Wildman–Crippen MR) is 131 cm³/mol. The molecule has 0 spiro atoms. The summed E-state index contributed by atoms with van der Waals surface area (Å²) in [5.74, 6) is 0.130. The lowest BCUT2D eigenvalue weighted by Gasteiger charge is -2.32. The molecule has 5 heteroatoms. The number of alkyl halides is 1. The molecule has 1 N–H and O–H groups in total. The number of carbonyl (C=O) groups excluding carboxylic acids is 1. The fourth-order valence-corrected chi connectivity index (χ4v) is 4.18. The second kappa shape index (κ2) is 12.4. The standard InChI is InChI=1S/C26H36BrNO3/c1-18(2)28(19(3)4)14-13-23(22-9-7-6-8-10-22)24-15-21(17-29)11-12-25(24)31-26(30)20(5)16-27/h6-12,15,18-20,23,29H,13-14,16-17H2,1-5H3/t20?,23-/m1/s1. The van der Waals surface area contributed by atoms with Gasteiger partial charge < -0.3 is 9.84 Å². The Morgan fingerprint density at radius 2 is 1.68 bits per heavy atom. The van der Waals surface area contributed by atoms with Crippen LogP contribution in [0, 0.1) is 5.92 Å². The van der Waals surface area contributed by atoms with Crippen molar-refractivity contribution in [1.82, 2.24) is 4.90 Å². The molecule has 0 heterocycles. The number of carbonyl (C=O) groups is 1. The van der Waals surface area contributed by atoms with Gasteiger partial charge in [0.25, 0.3) is 0 Å². The van der Waals surface area contributed by atoms with Gasteiger partial charge in [0.15, 0.2) is 0 Å². The Hall–Kier alpha value is -1.69. The second-order valence-electron chi connectivity index (χ2n) is 8.68. The molecule has 0 aliphatic rings. The van der Waals surface area contributed by atoms with E-state index < -0.39 is 0 Å². The van der Waals surface area contributed by atoms with Crippen molar-refractivity contribution in [2.75, 3.05) is 11.9 Å². The van der Waals surface area contributed by atoms with Crippen LogP contribution in [0.3, 0.4) is 0 Å². The normalized spacial score (nSPS) is 13.6. The summed E-state index contributed by atoms with van der Waals surface area (Å²) in [5.41, 5.74) is 2.94. The monoisotopic (exact) mass is 489 g/mol. The molecule has 2 rings (SSSR count). The zero-order chi connectivity index (χ0) is 23.0. The van der Waals surface area contributed by atoms with Gasteiger partial charge in [0.05, 0.1) is 12.5 Å². The van der Waals surface area contributed by atoms with Crippen molar-refractivity contribution in [2.24, 2.45) is 5.92 Å². The van der Waals surface area contributed by atoms with E-state index in [0.717, 1.165) is 24.1 Å². The molecule has 0 saturated carbocycles. The molecule has 170 valence electrons. The topological polar surface area (TPSA) is 49.8 Å². The molecule has 31 heavy (non-hydrogen) atoms. The Morgan fingerprint density at radius 1 is 1.03 bits per heavy atom. The summed E-state index contributed by atoms with van der Waals surface area (Å²) in [6, 6.07) is 16.8. The summed E-state index contributed by atoms with van der Waals surface area (Å²) in [7, 11) is 0. The number of hydrogen-bond acceptors (Lipinski definition) is 4. The Labute approximate surface area is 195 Å². The number of aliphatic hydroxyl groups excluding tert-OH is 1. The lowest BCUT2D eigenvalue weighted by molar-refractivity contribution is -0.137. The molecule has 0 aliphatic heterocycles. The van der Waals surface area contributed by atoms with Crippen LogP contribution in [0.4, 0.5) is 0 Å². The van der Waals surface area contributed by atoms with E-state index in [0.29, 0.717) is 23.2 Å². The van der Waals surface area contributed by atoms with Crippen molar-refractivity contribution in [3.05, 3.63) is 65.2 Å². The highest BCUT2D eigenvalue weighted by atomic mass is 79.9. The molecule has 0 amide bonds. The molecule has 0 fully saturated rings. The van der Waals surface area contributed by atoms with Gasteiger partial charge >= 0.3 is 5.97 Å². The first-order chi connectivity index (χ1) is 14.8. The number of aliphatic hydroxyl groups is 1. The van der Waals surface area contributed by atoms with E-state index in [2.05, 4.69) is 60.7 Å². The molecule has 2 aromatic rings. The molecule has 0 aliphatic carbocycles. The minimum absolute atomic E-state index is 0.0507. The fraction of sp³-hybridized carbons (Fsp3) is 0.500. The van der Waals surface area contributed by atoms with Crippen molar-refractivity contribution in [2.45, 2.75) is 65.6 Å². The van der Waals surface area contributed by atoms with Gasteiger partial charge in [-0.05, 0) is 63.9 Å². The number of hydrogen-bond donors (Lipinski definition) is 1. The van der Waals surface area contributed by atoms with Gasteiger partial charge in [0.1, 0.15) is 5.75 Å². The zero-order valence-electron chi connectivity index (χ0n) is 19.3. The van der Waals surface area contributed by atoms with E-state index >= 15 is 0 Å². The Kier molecular flexibility index (Phi) is 10.2. The number of esters is 1. The van der Waals surface area contributed by atoms with E-state index in [-0.39, 0.29) is 24.4 Å². The third-order valence-electron chi connectivity index (χ3n) is 5.68. The van der Waals surface area contributed by atoms with Crippen molar-refractivity contribution < 1.29 is 14.6 Å². The van der Waals surface area contributed by atoms with Crippen LogP contribution in [0.2, 0.25) is 0 Å². The maximum absolute atomic E-state index is 12.5. The van der Waals surface area contributed by atoms with Gasteiger partial charge in [-0.3, -0.25) is 9.69 Å². The molecule has 2 atom stereocenters. The first-order valence-electron chi connectivity index (χ1n) is 11.1. The van der Waals surface area contributed by atoms with Crippen LogP contribution < -0.4 is 4.74 Å². The highest BCUT2D eigenvalue weighted by Crippen LogP contribution is 2.36. The van der Waals surface area contributed by atoms with Crippen LogP contribution in [0.5, 0.6) is 5.75 Å². The predicted octanol–water partition coefficient (Wildman–Crippen LogP) is 5.76. The highest BCUT2D eigenvalue weighted by Gasteiger charge is 2.24. The van der Waals surface area contributed by atoms with Crippen LogP contribution in [-0.2, 0) is 11.4 Å². The van der Waals surface area contributed by atoms with Gasteiger partial charge in [-0.2, -0.15) is 0 Å². The maximum Gasteiger partial charge on any atom is 0.314 e. The van der Waals surface area contributed by atoms with E-state index in [4.69, 9.17) is 4.74 Å². The SMILES string of the molecule is CC(CBr)C(=O)Oc1ccc(CO)cc1[C@H](CCN(C(C)C)C(C)C)c1ccccc1. The minimum Gasteiger partial charge on any atom is -0.426 e. The number of benzene rings is 2. The lowest BCUT2D eigenvalue weighted by Crippen LogP contribution is -2.38. The maximum atomic E-state index is 12.5. The van der Waals surface area contributed by atoms with Gasteiger partial charge in [0.2, 0.25) is 0 Å². The largest absolute Gasteiger partial charge is 0.426 e. The molecule has 0 bridgehead atoms. The van der Waals surface area contributed by atoms with Crippen LogP contribution in [0.1, 0.15) is 63.6 Å². The first kappa shape index (κ1) is 25.6. The molecule has 4 nitrogen and oxygen atoms in total. The van der Waals surface area contributed by atoms with Crippen LogP contribution >= 0.6 is 15.9 Å². The summed E-state index contributed by atoms with van der Waals surface area (Å²) >= 11 is 3.36. The Bertz CT molecular complexity index is 815. The molecule has 0 aromatic heterocycles. The average molecular weight is 490 g/mol. The molecule has 2 aromatic carbocycles. The van der Waals surface area contributed by atoms with Crippen molar-refractivity contribution in [3.8, 4) is 5.75 Å². The van der Waals surface area contributed by atoms with E-state index in [1.807, 2.05) is 43.3 Å². The van der Waals surface area contributed by atoms with Crippen molar-refractivity contribution in [3.63, 3.8) is 0 Å². The van der Waals surface area contributed by atoms with Gasteiger partial charge in [0, 0.05) is 28.9 Å². The van der Waals surface area contributed by atoms with Gasteiger partial charge in [-0.25, -0.2) is 0 Å². The molecule has 1 unspecified atom stereocenters. The highest BCUT2D eigenvalue weighted by molar-refractivity contribution is 9.09. The van der Waals surface area contributed by atoms with Crippen molar-refractivity contribution >= 4 is 21.9 Å². The van der Waals surface area contributed by atoms with Crippen LogP contribution in [-0.4, -0.2) is 39.9 Å². The first-order valence-corrected chi connectivity index (χ1v) is 12.2. The number of halogens is 1. The minimum atomic E-state index is -0.257. The summed E-state index contributed by atoms with van der Waals surface area (Å²) < 4.78 is 5.84. The quantitative estimate of drug-likeness (QED) is 0.247. The zero-order valence-corrected chi connectivity index (χ0v) is 20.9. The molecule has 0 radical (unpaired) electrons. The summed E-state index contributed by atoms with van der Waals surface area (Å²) in [5, 5.41) is 10.3. The van der Waals surface area contributed by atoms with Crippen molar-refractivity contribution in [1.29, 1.82) is 0 Å². The van der Waals surface area contributed by atoms with E-state index in [1.54, 1.807) is 0 Å². The third kappa shape index (κ3) is 7.16. The Balaban J connectivity index is 2.47. The summed E-state index contributed by atoms with van der Waals surface area (Å²) in [4.78, 5) is 15.0.